The Labute approximate surface area is 289 Å². The first-order valence-electron chi connectivity index (χ1n) is 16.1. The minimum atomic E-state index is -1.99. The summed E-state index contributed by atoms with van der Waals surface area (Å²) in [6, 6.07) is -2.95. The Balaban J connectivity index is 1.53. The van der Waals surface area contributed by atoms with Crippen LogP contribution in [0.3, 0.4) is 0 Å². The molecule has 0 aromatic carbocycles. The number of rotatable bonds is 12. The number of carbonyl (C=O) groups is 2. The Morgan fingerprint density at radius 1 is 0.510 bits per heavy atom. The fourth-order valence-corrected chi connectivity index (χ4v) is 6.23. The maximum atomic E-state index is 11.9. The minimum absolute atomic E-state index is 0.663. The summed E-state index contributed by atoms with van der Waals surface area (Å²) in [4.78, 5) is 23.5. The molecule has 4 heterocycles. The first-order chi connectivity index (χ1) is 24.0. The van der Waals surface area contributed by atoms with Gasteiger partial charge in [0.15, 0.2) is 25.2 Å². The van der Waals surface area contributed by atoms with Gasteiger partial charge in [0.1, 0.15) is 97.5 Å². The van der Waals surface area contributed by atoms with E-state index in [2.05, 4.69) is 10.6 Å². The van der Waals surface area contributed by atoms with Gasteiger partial charge in [-0.15, -0.1) is 0 Å². The highest BCUT2D eigenvalue weighted by molar-refractivity contribution is 5.73. The largest absolute Gasteiger partial charge is 0.394 e. The molecule has 0 bridgehead atoms. The average Bonchev–Trinajstić information content (AvgIpc) is 3.09. The predicted octanol–water partition coefficient (Wildman–Crippen LogP) is -9.46. The van der Waals surface area contributed by atoms with Crippen molar-refractivity contribution in [2.24, 2.45) is 0 Å². The van der Waals surface area contributed by atoms with Gasteiger partial charge in [-0.25, -0.2) is 0 Å². The monoisotopic (exact) mass is 748 g/mol. The number of hydrogen-bond acceptors (Lipinski definition) is 21. The molecule has 4 fully saturated rings. The van der Waals surface area contributed by atoms with Gasteiger partial charge in [0.2, 0.25) is 11.8 Å². The number of aliphatic hydroxyl groups excluding tert-OH is 12. The molecule has 0 aromatic rings. The summed E-state index contributed by atoms with van der Waals surface area (Å²) in [5, 5.41) is 129. The van der Waals surface area contributed by atoms with Crippen LogP contribution < -0.4 is 10.6 Å². The second kappa shape index (κ2) is 18.0. The van der Waals surface area contributed by atoms with E-state index in [-0.39, 0.29) is 0 Å². The van der Waals surface area contributed by atoms with E-state index in [1.165, 1.54) is 0 Å². The Kier molecular flexibility index (Phi) is 14.8. The molecule has 0 spiro atoms. The molecule has 2 amide bonds. The number of carbonyl (C=O) groups excluding carboxylic acids is 2. The zero-order chi connectivity index (χ0) is 37.9. The predicted molar refractivity (Wildman–Crippen MR) is 157 cm³/mol. The van der Waals surface area contributed by atoms with Gasteiger partial charge < -0.3 is 105 Å². The second-order valence-corrected chi connectivity index (χ2v) is 12.7. The molecule has 4 aliphatic rings. The lowest BCUT2D eigenvalue weighted by Gasteiger charge is -2.48. The molecule has 1 unspecified atom stereocenters. The van der Waals surface area contributed by atoms with Crippen LogP contribution in [-0.4, -0.2) is 222 Å². The zero-order valence-corrected chi connectivity index (χ0v) is 27.4. The van der Waals surface area contributed by atoms with Crippen LogP contribution in [-0.2, 0) is 42.7 Å². The summed E-state index contributed by atoms with van der Waals surface area (Å²) in [6.07, 6.45) is -31.2. The smallest absolute Gasteiger partial charge is 0.217 e. The topological polar surface area (TPSA) is 366 Å². The van der Waals surface area contributed by atoms with Gasteiger partial charge in [-0.1, -0.05) is 0 Å². The summed E-state index contributed by atoms with van der Waals surface area (Å²) >= 11 is 0. The number of nitrogens with one attached hydrogen (secondary N) is 2. The zero-order valence-electron chi connectivity index (χ0n) is 27.4. The molecule has 0 aromatic heterocycles. The Morgan fingerprint density at radius 2 is 1.00 bits per heavy atom. The van der Waals surface area contributed by atoms with Gasteiger partial charge in [0.05, 0.1) is 26.4 Å². The van der Waals surface area contributed by atoms with Crippen molar-refractivity contribution < 1.29 is 104 Å². The van der Waals surface area contributed by atoms with Crippen LogP contribution in [0.25, 0.3) is 0 Å². The van der Waals surface area contributed by atoms with Gasteiger partial charge in [-0.3, -0.25) is 9.59 Å². The summed E-state index contributed by atoms with van der Waals surface area (Å²) in [6.45, 7) is -1.06. The van der Waals surface area contributed by atoms with E-state index in [1.807, 2.05) is 0 Å². The van der Waals surface area contributed by atoms with Crippen molar-refractivity contribution in [3.05, 3.63) is 0 Å². The van der Waals surface area contributed by atoms with Crippen molar-refractivity contribution >= 4 is 11.8 Å². The molecule has 0 radical (unpaired) electrons. The van der Waals surface area contributed by atoms with Gasteiger partial charge in [0.25, 0.3) is 0 Å². The van der Waals surface area contributed by atoms with Crippen molar-refractivity contribution in [2.45, 2.75) is 137 Å². The Bertz CT molecular complexity index is 1140. The third kappa shape index (κ3) is 9.29. The van der Waals surface area contributed by atoms with Crippen LogP contribution in [0.1, 0.15) is 13.8 Å². The maximum Gasteiger partial charge on any atom is 0.217 e. The van der Waals surface area contributed by atoms with Crippen molar-refractivity contribution in [1.29, 1.82) is 0 Å². The van der Waals surface area contributed by atoms with Crippen molar-refractivity contribution in [3.63, 3.8) is 0 Å². The molecule has 4 aliphatic heterocycles. The Hall–Kier alpha value is -1.82. The van der Waals surface area contributed by atoms with Crippen molar-refractivity contribution in [1.82, 2.24) is 10.6 Å². The molecule has 51 heavy (non-hydrogen) atoms. The van der Waals surface area contributed by atoms with Crippen LogP contribution >= 0.6 is 0 Å². The summed E-state index contributed by atoms with van der Waals surface area (Å²) < 4.78 is 39.2. The van der Waals surface area contributed by atoms with E-state index >= 15 is 0 Å². The maximum absolute atomic E-state index is 11.9. The first kappa shape index (κ1) is 41.9. The summed E-state index contributed by atoms with van der Waals surface area (Å²) in [5.74, 6) is -1.36. The first-order valence-corrected chi connectivity index (χ1v) is 16.1. The van der Waals surface area contributed by atoms with E-state index in [4.69, 9.17) is 33.2 Å². The van der Waals surface area contributed by atoms with Crippen LogP contribution in [0.15, 0.2) is 0 Å². The number of hydrogen-bond donors (Lipinski definition) is 14. The molecule has 23 nitrogen and oxygen atoms in total. The summed E-state index contributed by atoms with van der Waals surface area (Å²) in [5.41, 5.74) is 0. The molecule has 14 N–H and O–H groups in total. The average molecular weight is 749 g/mol. The molecule has 20 atom stereocenters. The molecule has 0 aliphatic carbocycles. The van der Waals surface area contributed by atoms with Crippen molar-refractivity contribution in [2.75, 3.05) is 26.4 Å². The lowest BCUT2D eigenvalue weighted by molar-refractivity contribution is -0.369. The Morgan fingerprint density at radius 3 is 1.57 bits per heavy atom. The highest BCUT2D eigenvalue weighted by atomic mass is 16.8. The van der Waals surface area contributed by atoms with E-state index in [9.17, 15) is 70.9 Å². The van der Waals surface area contributed by atoms with Gasteiger partial charge in [0, 0.05) is 13.8 Å². The lowest BCUT2D eigenvalue weighted by Crippen LogP contribution is -2.68. The second-order valence-electron chi connectivity index (χ2n) is 12.7. The van der Waals surface area contributed by atoms with Crippen LogP contribution in [0.4, 0.5) is 0 Å². The third-order valence-electron chi connectivity index (χ3n) is 8.99. The van der Waals surface area contributed by atoms with Gasteiger partial charge in [-0.05, 0) is 0 Å². The molecular formula is C28H48N2O21. The van der Waals surface area contributed by atoms with E-state index in [0.717, 1.165) is 13.8 Å². The lowest BCUT2D eigenvalue weighted by atomic mass is 9.95. The third-order valence-corrected chi connectivity index (χ3v) is 8.99. The molecule has 296 valence electrons. The van der Waals surface area contributed by atoms with E-state index < -0.39 is 161 Å². The highest BCUT2D eigenvalue weighted by Gasteiger charge is 2.54. The van der Waals surface area contributed by atoms with E-state index in [1.54, 1.807) is 0 Å². The molecule has 4 saturated heterocycles. The summed E-state index contributed by atoms with van der Waals surface area (Å²) in [7, 11) is 0. The highest BCUT2D eigenvalue weighted by Crippen LogP contribution is 2.32. The molecule has 23 heteroatoms. The van der Waals surface area contributed by atoms with E-state index in [0.29, 0.717) is 0 Å². The molecular weight excluding hydrogens is 700 g/mol. The number of amides is 2. The van der Waals surface area contributed by atoms with Crippen LogP contribution in [0, 0.1) is 0 Å². The number of ether oxygens (including phenoxy) is 7. The minimum Gasteiger partial charge on any atom is -0.394 e. The molecule has 4 rings (SSSR count). The fourth-order valence-electron chi connectivity index (χ4n) is 6.23. The SMILES string of the molecule is CC(=O)N[C@H]1[C@H](O[C@@H]2[C@@H](OC[C@H]3O[C@@H](O[C@H]4[C@H](O)[C@@H](NC(C)=O)C(O)O[C@@H]4CO)[C@H](O)[C@@H](O)[C@@H]3O)O[C@H](CO)[C@@H](O)[C@@H]2O)O[C@H](CO)[C@@H](O)[C@@H]1O. The fraction of sp³-hybridized carbons (Fsp3) is 0.929. The van der Waals surface area contributed by atoms with Gasteiger partial charge in [-0.2, -0.15) is 0 Å². The standard InChI is InChI=1S/C28H48N2O21/c1-7(34)29-13-19(40)23(11(5-33)46-25(13)44)50-27-22(43)20(41)17(38)12(49-27)6-45-28-24(21(42)16(37)10(4-32)48-28)51-26-14(30-8(2)35)18(39)15(36)9(3-31)47-26/h9-28,31-33,36-44H,3-6H2,1-2H3,(H,29,34)(H,30,35)/t9-,10-,11-,12-,13-,14-,15-,16-,17-,18-,19-,20+,21+,22-,23-,24+,25?,26+,27+,28+/m1/s1. The van der Waals surface area contributed by atoms with Gasteiger partial charge >= 0.3 is 0 Å². The molecule has 0 saturated carbocycles. The van der Waals surface area contributed by atoms with Crippen LogP contribution in [0.2, 0.25) is 0 Å². The number of aliphatic hydroxyl groups is 12. The normalized spacial score (nSPS) is 47.8. The quantitative estimate of drug-likeness (QED) is 0.0881. The van der Waals surface area contributed by atoms with Crippen LogP contribution in [0.5, 0.6) is 0 Å². The van der Waals surface area contributed by atoms with Crippen molar-refractivity contribution in [3.8, 4) is 0 Å².